The maximum Gasteiger partial charge on any atom is 0.251 e. The Morgan fingerprint density at radius 1 is 1.20 bits per heavy atom. The number of carbonyl (C=O) groups is 1. The average molecular weight is 547 g/mol. The van der Waals surface area contributed by atoms with E-state index in [2.05, 4.69) is 38.5 Å². The molecule has 0 aliphatic carbocycles. The van der Waals surface area contributed by atoms with E-state index in [4.69, 9.17) is 9.47 Å². The molecule has 2 aliphatic rings. The molecular formula is C29H31FN6O4. The molecule has 0 radical (unpaired) electrons. The lowest BCUT2D eigenvalue weighted by atomic mass is 9.92. The number of aliphatic hydroxyl groups is 1. The minimum absolute atomic E-state index is 0.173. The van der Waals surface area contributed by atoms with Crippen molar-refractivity contribution < 1.29 is 23.8 Å². The molecule has 3 heterocycles. The molecule has 2 aromatic carbocycles. The van der Waals surface area contributed by atoms with Crippen LogP contribution in [-0.4, -0.2) is 75.5 Å². The van der Waals surface area contributed by atoms with E-state index in [0.29, 0.717) is 23.3 Å². The molecule has 11 heteroatoms. The Kier molecular flexibility index (Phi) is 8.48. The van der Waals surface area contributed by atoms with Gasteiger partial charge in [0.2, 0.25) is 5.95 Å². The minimum atomic E-state index is -1.45. The van der Waals surface area contributed by atoms with Gasteiger partial charge in [-0.2, -0.15) is 10.2 Å². The van der Waals surface area contributed by atoms with E-state index in [0.717, 1.165) is 31.7 Å². The van der Waals surface area contributed by atoms with E-state index < -0.39 is 24.3 Å². The molecule has 2 N–H and O–H groups in total. The fraction of sp³-hybridized carbons (Fsp3) is 0.414. The number of aliphatic hydroxyl groups excluding tert-OH is 1. The normalized spacial score (nSPS) is 20.4. The van der Waals surface area contributed by atoms with Crippen LogP contribution in [0.4, 0.5) is 16.0 Å². The number of carbonyl (C=O) groups excluding carboxylic acids is 1. The number of ether oxygens (including phenoxy) is 2. The summed E-state index contributed by atoms with van der Waals surface area (Å²) in [4.78, 5) is 26.3. The summed E-state index contributed by atoms with van der Waals surface area (Å²) in [5, 5.41) is 22.4. The van der Waals surface area contributed by atoms with Gasteiger partial charge in [-0.15, -0.1) is 0 Å². The predicted molar refractivity (Wildman–Crippen MR) is 145 cm³/mol. The van der Waals surface area contributed by atoms with Gasteiger partial charge in [-0.3, -0.25) is 4.79 Å². The van der Waals surface area contributed by atoms with Gasteiger partial charge in [0.1, 0.15) is 30.4 Å². The summed E-state index contributed by atoms with van der Waals surface area (Å²) in [5.74, 6) is 0.970. The van der Waals surface area contributed by atoms with Crippen LogP contribution < -0.4 is 10.1 Å². The van der Waals surface area contributed by atoms with Crippen LogP contribution in [-0.2, 0) is 9.53 Å². The van der Waals surface area contributed by atoms with Crippen molar-refractivity contribution in [3.63, 3.8) is 0 Å². The molecule has 1 unspecified atom stereocenters. The number of amides is 1. The highest BCUT2D eigenvalue weighted by molar-refractivity contribution is 5.80. The second-order valence-corrected chi connectivity index (χ2v) is 10.0. The molecule has 0 saturated carbocycles. The highest BCUT2D eigenvalue weighted by Crippen LogP contribution is 2.30. The zero-order chi connectivity index (χ0) is 28.1. The third-order valence-corrected chi connectivity index (χ3v) is 7.22. The average Bonchev–Trinajstić information content (AvgIpc) is 2.99. The highest BCUT2D eigenvalue weighted by atomic mass is 19.1. The number of aromatic nitrogens is 3. The molecule has 0 spiro atoms. The lowest BCUT2D eigenvalue weighted by Crippen LogP contribution is -2.51. The Morgan fingerprint density at radius 3 is 2.67 bits per heavy atom. The van der Waals surface area contributed by atoms with Crippen LogP contribution >= 0.6 is 0 Å². The first-order valence-electron chi connectivity index (χ1n) is 13.4. The number of hydrogen-bond acceptors (Lipinski definition) is 9. The number of nitriles is 1. The zero-order valence-electron chi connectivity index (χ0n) is 22.2. The quantitative estimate of drug-likeness (QED) is 0.454. The second-order valence-electron chi connectivity index (χ2n) is 10.0. The van der Waals surface area contributed by atoms with Crippen molar-refractivity contribution in [2.45, 2.75) is 50.5 Å². The summed E-state index contributed by atoms with van der Waals surface area (Å²) < 4.78 is 26.1. The Morgan fingerprint density at radius 2 is 1.98 bits per heavy atom. The maximum absolute atomic E-state index is 14.8. The smallest absolute Gasteiger partial charge is 0.251 e. The van der Waals surface area contributed by atoms with Gasteiger partial charge < -0.3 is 24.8 Å². The Labute approximate surface area is 231 Å². The summed E-state index contributed by atoms with van der Waals surface area (Å²) in [6, 6.07) is 15.2. The van der Waals surface area contributed by atoms with E-state index in [1.807, 2.05) is 12.1 Å². The van der Waals surface area contributed by atoms with E-state index >= 15 is 0 Å². The van der Waals surface area contributed by atoms with Crippen LogP contribution in [0.1, 0.15) is 43.2 Å². The number of anilines is 2. The van der Waals surface area contributed by atoms with Gasteiger partial charge in [0.05, 0.1) is 12.1 Å². The molecule has 3 atom stereocenters. The largest absolute Gasteiger partial charge is 0.486 e. The van der Waals surface area contributed by atoms with Crippen LogP contribution in [0.2, 0.25) is 0 Å². The van der Waals surface area contributed by atoms with Crippen molar-refractivity contribution in [2.75, 3.05) is 31.6 Å². The van der Waals surface area contributed by atoms with Gasteiger partial charge in [-0.05, 0) is 61.6 Å². The van der Waals surface area contributed by atoms with E-state index in [-0.39, 0.29) is 30.8 Å². The predicted octanol–water partition coefficient (Wildman–Crippen LogP) is 3.75. The zero-order valence-corrected chi connectivity index (χ0v) is 22.2. The molecule has 2 aliphatic heterocycles. The van der Waals surface area contributed by atoms with E-state index in [9.17, 15) is 19.6 Å². The van der Waals surface area contributed by atoms with E-state index in [1.165, 1.54) is 23.7 Å². The molecule has 5 rings (SSSR count). The monoisotopic (exact) mass is 546 g/mol. The summed E-state index contributed by atoms with van der Waals surface area (Å²) in [5.41, 5.74) is 2.93. The van der Waals surface area contributed by atoms with Crippen molar-refractivity contribution in [2.24, 2.45) is 0 Å². The SMILES string of the molecule is CC(O)C(=O)N1CC[C@H](Oc2ccc(-c3ncnc(Nc4ccc(C5CCOCC5)cc4)n3)cc2C#N)[C@H](F)C1. The lowest BCUT2D eigenvalue weighted by Gasteiger charge is -2.35. The number of piperidine rings is 1. The first kappa shape index (κ1) is 27.4. The lowest BCUT2D eigenvalue weighted by molar-refractivity contribution is -0.143. The van der Waals surface area contributed by atoms with E-state index in [1.54, 1.807) is 18.2 Å². The number of alkyl halides is 1. The summed E-state index contributed by atoms with van der Waals surface area (Å²) in [7, 11) is 0. The van der Waals surface area contributed by atoms with Crippen molar-refractivity contribution in [3.8, 4) is 23.2 Å². The van der Waals surface area contributed by atoms with Gasteiger partial charge in [-0.1, -0.05) is 12.1 Å². The number of nitrogens with one attached hydrogen (secondary N) is 1. The highest BCUT2D eigenvalue weighted by Gasteiger charge is 2.34. The maximum atomic E-state index is 14.8. The molecule has 2 fully saturated rings. The van der Waals surface area contributed by atoms with Crippen LogP contribution in [0.3, 0.4) is 0 Å². The van der Waals surface area contributed by atoms with Gasteiger partial charge in [0, 0.05) is 37.4 Å². The molecule has 40 heavy (non-hydrogen) atoms. The van der Waals surface area contributed by atoms with Crippen molar-refractivity contribution >= 4 is 17.5 Å². The third kappa shape index (κ3) is 6.35. The molecule has 208 valence electrons. The summed E-state index contributed by atoms with van der Waals surface area (Å²) in [6.45, 7) is 3.03. The number of benzene rings is 2. The standard InChI is InChI=1S/C29H31FN6O4/c1-18(37)28(38)36-11-8-26(24(30)16-36)40-25-7-4-21(14-22(25)15-31)27-32-17-33-29(35-27)34-23-5-2-19(3-6-23)20-9-12-39-13-10-20/h2-7,14,17-18,20,24,26,37H,8-13,16H2,1H3,(H,32,33,34,35)/t18?,24-,26+/m1/s1. The van der Waals surface area contributed by atoms with Crippen molar-refractivity contribution in [3.05, 3.63) is 59.9 Å². The molecule has 10 nitrogen and oxygen atoms in total. The summed E-state index contributed by atoms with van der Waals surface area (Å²) in [6.07, 6.45) is 0.231. The Hall–Kier alpha value is -4.14. The van der Waals surface area contributed by atoms with Crippen molar-refractivity contribution in [1.82, 2.24) is 19.9 Å². The number of halogens is 1. The van der Waals surface area contributed by atoms with Gasteiger partial charge in [-0.25, -0.2) is 14.4 Å². The van der Waals surface area contributed by atoms with Crippen LogP contribution in [0.25, 0.3) is 11.4 Å². The first-order chi connectivity index (χ1) is 19.4. The molecule has 3 aromatic rings. The molecule has 1 amide bonds. The number of likely N-dealkylation sites (tertiary alicyclic amines) is 1. The minimum Gasteiger partial charge on any atom is -0.486 e. The van der Waals surface area contributed by atoms with Crippen LogP contribution in [0.5, 0.6) is 5.75 Å². The Bertz CT molecular complexity index is 1370. The number of hydrogen-bond donors (Lipinski definition) is 2. The third-order valence-electron chi connectivity index (χ3n) is 7.22. The van der Waals surface area contributed by atoms with Crippen LogP contribution in [0, 0.1) is 11.3 Å². The first-order valence-corrected chi connectivity index (χ1v) is 13.4. The second kappa shape index (κ2) is 12.4. The fourth-order valence-electron chi connectivity index (χ4n) is 5.00. The molecule has 2 saturated heterocycles. The van der Waals surface area contributed by atoms with Crippen molar-refractivity contribution in [1.29, 1.82) is 5.26 Å². The van der Waals surface area contributed by atoms with Gasteiger partial charge in [0.25, 0.3) is 5.91 Å². The van der Waals surface area contributed by atoms with Gasteiger partial charge in [0.15, 0.2) is 12.0 Å². The molecular weight excluding hydrogens is 515 g/mol. The molecule has 1 aromatic heterocycles. The topological polar surface area (TPSA) is 133 Å². The Balaban J connectivity index is 1.25. The summed E-state index contributed by atoms with van der Waals surface area (Å²) >= 11 is 0. The fourth-order valence-corrected chi connectivity index (χ4v) is 5.00. The molecule has 0 bridgehead atoms. The number of nitrogens with zero attached hydrogens (tertiary/aromatic N) is 5. The van der Waals surface area contributed by atoms with Gasteiger partial charge >= 0.3 is 0 Å². The van der Waals surface area contributed by atoms with Crippen LogP contribution in [0.15, 0.2) is 48.8 Å². The number of rotatable bonds is 7.